The van der Waals surface area contributed by atoms with Crippen LogP contribution in [0.25, 0.3) is 11.2 Å². The van der Waals surface area contributed by atoms with E-state index < -0.39 is 10.0 Å². The molecule has 1 fully saturated rings. The van der Waals surface area contributed by atoms with Gasteiger partial charge in [0, 0.05) is 32.1 Å². The van der Waals surface area contributed by atoms with Crippen molar-refractivity contribution in [3.05, 3.63) is 65.7 Å². The molecule has 1 aromatic carbocycles. The summed E-state index contributed by atoms with van der Waals surface area (Å²) in [4.78, 5) is 14.3. The normalized spacial score (nSPS) is 14.8. The number of benzene rings is 1. The van der Waals surface area contributed by atoms with Gasteiger partial charge in [0.2, 0.25) is 10.0 Å². The highest BCUT2D eigenvalue weighted by atomic mass is 32.2. The van der Waals surface area contributed by atoms with Crippen molar-refractivity contribution in [1.29, 1.82) is 0 Å². The van der Waals surface area contributed by atoms with Crippen LogP contribution in [-0.4, -0.2) is 81.0 Å². The number of sulfonamides is 1. The predicted molar refractivity (Wildman–Crippen MR) is 127 cm³/mol. The molecule has 5 rings (SSSR count). The molecule has 3 aromatic heterocycles. The summed E-state index contributed by atoms with van der Waals surface area (Å²) >= 11 is 0. The van der Waals surface area contributed by atoms with Crippen LogP contribution in [-0.2, 0) is 14.8 Å². The van der Waals surface area contributed by atoms with Crippen molar-refractivity contribution in [2.24, 2.45) is 0 Å². The van der Waals surface area contributed by atoms with E-state index in [0.29, 0.717) is 41.4 Å². The fourth-order valence-electron chi connectivity index (χ4n) is 3.81. The van der Waals surface area contributed by atoms with Crippen LogP contribution in [0.5, 0.6) is 0 Å². The Balaban J connectivity index is 1.30. The Morgan fingerprint density at radius 1 is 1.23 bits per heavy atom. The monoisotopic (exact) mass is 496 g/mol. The molecule has 4 heterocycles. The topological polar surface area (TPSA) is 137 Å². The summed E-state index contributed by atoms with van der Waals surface area (Å²) in [6.07, 6.45) is 3.31. The van der Waals surface area contributed by atoms with E-state index in [-0.39, 0.29) is 24.2 Å². The molecule has 35 heavy (non-hydrogen) atoms. The van der Waals surface area contributed by atoms with E-state index in [2.05, 4.69) is 25.8 Å². The average molecular weight is 497 g/mol. The van der Waals surface area contributed by atoms with E-state index in [1.54, 1.807) is 16.8 Å². The van der Waals surface area contributed by atoms with E-state index in [9.17, 15) is 13.2 Å². The van der Waals surface area contributed by atoms with Gasteiger partial charge in [-0.2, -0.15) is 5.10 Å². The summed E-state index contributed by atoms with van der Waals surface area (Å²) < 4.78 is 32.4. The van der Waals surface area contributed by atoms with Crippen LogP contribution < -0.4 is 5.32 Å². The molecule has 12 nitrogen and oxygen atoms in total. The Bertz CT molecular complexity index is 1490. The first-order valence-electron chi connectivity index (χ1n) is 11.0. The maximum absolute atomic E-state index is 12.9. The molecule has 1 aliphatic heterocycles. The van der Waals surface area contributed by atoms with Crippen molar-refractivity contribution >= 4 is 27.1 Å². The summed E-state index contributed by atoms with van der Waals surface area (Å²) in [7, 11) is -1.88. The fraction of sp³-hybridized carbons (Fsp3) is 0.318. The number of methoxy groups -OCH3 is 1. The van der Waals surface area contributed by atoms with Crippen LogP contribution in [0.3, 0.4) is 0 Å². The zero-order valence-corrected chi connectivity index (χ0v) is 20.0. The van der Waals surface area contributed by atoms with Crippen molar-refractivity contribution in [2.45, 2.75) is 12.8 Å². The van der Waals surface area contributed by atoms with Gasteiger partial charge in [-0.1, -0.05) is 12.1 Å². The molecule has 13 heteroatoms. The van der Waals surface area contributed by atoms with Crippen molar-refractivity contribution in [2.75, 3.05) is 37.9 Å². The number of ether oxygens (including phenoxy) is 1. The van der Waals surface area contributed by atoms with Crippen LogP contribution in [0, 0.1) is 6.92 Å². The summed E-state index contributed by atoms with van der Waals surface area (Å²) in [5, 5.41) is 19.8. The van der Waals surface area contributed by atoms with Gasteiger partial charge in [0.15, 0.2) is 5.82 Å². The minimum absolute atomic E-state index is 0.0521. The summed E-state index contributed by atoms with van der Waals surface area (Å²) in [5.74, 6) is 0.0219. The number of pyridine rings is 1. The Morgan fingerprint density at radius 3 is 2.86 bits per heavy atom. The number of hydrogen-bond donors (Lipinski definition) is 1. The molecule has 0 aliphatic carbocycles. The van der Waals surface area contributed by atoms with Gasteiger partial charge in [0.1, 0.15) is 0 Å². The lowest BCUT2D eigenvalue weighted by atomic mass is 10.0. The SMILES string of the molecule is COCCS(=O)(=O)N1CC(c2nnn(-c3ccc(C)c(NC(=O)c4cnn5ccccc45)c3)n2)C1. The van der Waals surface area contributed by atoms with E-state index in [1.807, 2.05) is 37.3 Å². The number of carbonyl (C=O) groups excluding carboxylic acids is 1. The molecule has 0 radical (unpaired) electrons. The highest BCUT2D eigenvalue weighted by molar-refractivity contribution is 7.89. The minimum atomic E-state index is -3.35. The van der Waals surface area contributed by atoms with E-state index >= 15 is 0 Å². The number of nitrogens with zero attached hydrogens (tertiary/aromatic N) is 7. The average Bonchev–Trinajstić information content (AvgIpc) is 3.46. The summed E-state index contributed by atoms with van der Waals surface area (Å²) in [5.41, 5.74) is 3.27. The van der Waals surface area contributed by atoms with E-state index in [0.717, 1.165) is 5.56 Å². The molecule has 4 aromatic rings. The zero-order valence-electron chi connectivity index (χ0n) is 19.2. The van der Waals surface area contributed by atoms with Crippen LogP contribution in [0.15, 0.2) is 48.8 Å². The zero-order chi connectivity index (χ0) is 24.6. The molecule has 1 amide bonds. The number of tetrazole rings is 1. The van der Waals surface area contributed by atoms with Crippen LogP contribution >= 0.6 is 0 Å². The number of aromatic nitrogens is 6. The van der Waals surface area contributed by atoms with Gasteiger partial charge in [0.25, 0.3) is 5.91 Å². The molecule has 1 N–H and O–H groups in total. The first kappa shape index (κ1) is 23.1. The van der Waals surface area contributed by atoms with Gasteiger partial charge in [-0.3, -0.25) is 4.79 Å². The van der Waals surface area contributed by atoms with Crippen LogP contribution in [0.4, 0.5) is 5.69 Å². The van der Waals surface area contributed by atoms with Crippen LogP contribution in [0.1, 0.15) is 27.7 Å². The maximum atomic E-state index is 12.9. The van der Waals surface area contributed by atoms with Gasteiger partial charge in [-0.15, -0.1) is 15.0 Å². The largest absolute Gasteiger partial charge is 0.384 e. The number of hydrogen-bond acceptors (Lipinski definition) is 8. The molecule has 0 unspecified atom stereocenters. The highest BCUT2D eigenvalue weighted by Gasteiger charge is 2.38. The fourth-order valence-corrected chi connectivity index (χ4v) is 5.26. The van der Waals surface area contributed by atoms with Crippen molar-refractivity contribution in [3.8, 4) is 5.69 Å². The molecule has 0 bridgehead atoms. The third kappa shape index (κ3) is 4.52. The van der Waals surface area contributed by atoms with Crippen LogP contribution in [0.2, 0.25) is 0 Å². The lowest BCUT2D eigenvalue weighted by Crippen LogP contribution is -2.50. The number of nitrogens with one attached hydrogen (secondary N) is 1. The lowest BCUT2D eigenvalue weighted by Gasteiger charge is -2.36. The molecular formula is C22H24N8O4S. The lowest BCUT2D eigenvalue weighted by molar-refractivity contribution is 0.102. The quantitative estimate of drug-likeness (QED) is 0.385. The third-order valence-electron chi connectivity index (χ3n) is 5.95. The second-order valence-electron chi connectivity index (χ2n) is 8.30. The Kier molecular flexibility index (Phi) is 6.05. The number of amides is 1. The Labute approximate surface area is 201 Å². The standard InChI is InChI=1S/C22H24N8O4S/c1-15-6-7-17(11-19(15)24-22(31)18-12-23-29-8-4-3-5-20(18)29)30-26-21(25-27-30)16-13-28(14-16)35(32,33)10-9-34-2/h3-8,11-12,16H,9-10,13-14H2,1-2H3,(H,24,31). The Morgan fingerprint density at radius 2 is 2.06 bits per heavy atom. The first-order valence-corrected chi connectivity index (χ1v) is 12.6. The summed E-state index contributed by atoms with van der Waals surface area (Å²) in [6, 6.07) is 11.0. The van der Waals surface area contributed by atoms with Gasteiger partial charge in [-0.25, -0.2) is 17.2 Å². The van der Waals surface area contributed by atoms with Gasteiger partial charge >= 0.3 is 0 Å². The van der Waals surface area contributed by atoms with Gasteiger partial charge < -0.3 is 10.1 Å². The Hall–Kier alpha value is -3.68. The number of carbonyl (C=O) groups is 1. The molecule has 182 valence electrons. The van der Waals surface area contributed by atoms with E-state index in [4.69, 9.17) is 4.74 Å². The highest BCUT2D eigenvalue weighted by Crippen LogP contribution is 2.27. The molecule has 0 spiro atoms. The number of fused-ring (bicyclic) bond motifs is 1. The second-order valence-corrected chi connectivity index (χ2v) is 10.4. The number of rotatable bonds is 8. The third-order valence-corrected chi connectivity index (χ3v) is 7.72. The van der Waals surface area contributed by atoms with Crippen molar-refractivity contribution in [1.82, 2.24) is 34.1 Å². The number of anilines is 1. The molecule has 1 aliphatic rings. The van der Waals surface area contributed by atoms with Gasteiger partial charge in [-0.05, 0) is 42.0 Å². The molecular weight excluding hydrogens is 472 g/mol. The smallest absolute Gasteiger partial charge is 0.259 e. The maximum Gasteiger partial charge on any atom is 0.259 e. The van der Waals surface area contributed by atoms with E-state index in [1.165, 1.54) is 22.4 Å². The molecule has 0 atom stereocenters. The first-order chi connectivity index (χ1) is 16.9. The summed E-state index contributed by atoms with van der Waals surface area (Å²) in [6.45, 7) is 2.67. The number of aryl methyl sites for hydroxylation is 1. The predicted octanol–water partition coefficient (Wildman–Crippen LogP) is 1.25. The van der Waals surface area contributed by atoms with Crippen molar-refractivity contribution in [3.63, 3.8) is 0 Å². The molecule has 1 saturated heterocycles. The molecule has 0 saturated carbocycles. The second kappa shape index (κ2) is 9.17. The minimum Gasteiger partial charge on any atom is -0.384 e. The van der Waals surface area contributed by atoms with Gasteiger partial charge in [0.05, 0.1) is 41.2 Å². The van der Waals surface area contributed by atoms with Crippen molar-refractivity contribution < 1.29 is 17.9 Å².